The Morgan fingerprint density at radius 3 is 2.81 bits per heavy atom. The summed E-state index contributed by atoms with van der Waals surface area (Å²) in [4.78, 5) is 9.88. The Bertz CT molecular complexity index is 731. The highest BCUT2D eigenvalue weighted by Gasteiger charge is 2.12. The molecule has 0 spiro atoms. The van der Waals surface area contributed by atoms with Crippen molar-refractivity contribution in [2.75, 3.05) is 5.32 Å². The molecule has 2 heterocycles. The zero-order chi connectivity index (χ0) is 14.8. The second-order valence-electron chi connectivity index (χ2n) is 5.07. The van der Waals surface area contributed by atoms with Crippen molar-refractivity contribution in [2.24, 2.45) is 0 Å². The van der Waals surface area contributed by atoms with E-state index in [1.165, 1.54) is 4.88 Å². The molecular formula is C16H18N4S. The molecule has 1 aromatic carbocycles. The van der Waals surface area contributed by atoms with E-state index in [0.29, 0.717) is 0 Å². The lowest BCUT2D eigenvalue weighted by atomic mass is 10.2. The Morgan fingerprint density at radius 1 is 1.29 bits per heavy atom. The zero-order valence-electron chi connectivity index (χ0n) is 12.4. The number of imidazole rings is 1. The molecule has 0 radical (unpaired) electrons. The van der Waals surface area contributed by atoms with Crippen molar-refractivity contribution in [1.29, 1.82) is 0 Å². The molecule has 1 N–H and O–H groups in total. The second kappa shape index (κ2) is 5.69. The van der Waals surface area contributed by atoms with E-state index < -0.39 is 0 Å². The van der Waals surface area contributed by atoms with Crippen LogP contribution >= 0.6 is 11.3 Å². The Kier molecular flexibility index (Phi) is 3.75. The third-order valence-electron chi connectivity index (χ3n) is 3.36. The van der Waals surface area contributed by atoms with E-state index >= 15 is 0 Å². The van der Waals surface area contributed by atoms with Crippen molar-refractivity contribution in [1.82, 2.24) is 14.5 Å². The first-order valence-electron chi connectivity index (χ1n) is 6.92. The smallest absolute Gasteiger partial charge is 0.0991 e. The van der Waals surface area contributed by atoms with Crippen LogP contribution in [0.5, 0.6) is 0 Å². The summed E-state index contributed by atoms with van der Waals surface area (Å²) >= 11 is 1.75. The summed E-state index contributed by atoms with van der Waals surface area (Å²) in [5, 5.41) is 4.67. The summed E-state index contributed by atoms with van der Waals surface area (Å²) in [6.07, 6.45) is 5.53. The highest BCUT2D eigenvalue weighted by molar-refractivity contribution is 7.11. The van der Waals surface area contributed by atoms with Crippen molar-refractivity contribution in [3.05, 3.63) is 58.6 Å². The van der Waals surface area contributed by atoms with Gasteiger partial charge in [-0.3, -0.25) is 0 Å². The van der Waals surface area contributed by atoms with Crippen molar-refractivity contribution in [3.8, 4) is 5.69 Å². The first-order chi connectivity index (χ1) is 10.1. The highest BCUT2D eigenvalue weighted by atomic mass is 32.1. The maximum atomic E-state index is 4.50. The summed E-state index contributed by atoms with van der Waals surface area (Å²) in [7, 11) is 0. The maximum absolute atomic E-state index is 4.50. The predicted molar refractivity (Wildman–Crippen MR) is 87.2 cm³/mol. The third-order valence-corrected chi connectivity index (χ3v) is 4.62. The molecule has 0 aliphatic rings. The number of nitrogens with zero attached hydrogens (tertiary/aromatic N) is 3. The summed E-state index contributed by atoms with van der Waals surface area (Å²) in [5.74, 6) is 0. The van der Waals surface area contributed by atoms with E-state index in [4.69, 9.17) is 0 Å². The zero-order valence-corrected chi connectivity index (χ0v) is 13.2. The van der Waals surface area contributed by atoms with Crippen molar-refractivity contribution in [2.45, 2.75) is 26.8 Å². The molecule has 0 saturated carbocycles. The van der Waals surface area contributed by atoms with E-state index in [0.717, 1.165) is 22.1 Å². The fraction of sp³-hybridized carbons (Fsp3) is 0.250. The van der Waals surface area contributed by atoms with Crippen molar-refractivity contribution >= 4 is 17.0 Å². The molecule has 1 atom stereocenters. The largest absolute Gasteiger partial charge is 0.378 e. The third kappa shape index (κ3) is 2.97. The van der Waals surface area contributed by atoms with Crippen LogP contribution in [0.2, 0.25) is 0 Å². The average Bonchev–Trinajstić information content (AvgIpc) is 3.08. The first kappa shape index (κ1) is 13.8. The van der Waals surface area contributed by atoms with Crippen LogP contribution in [0.15, 0.2) is 43.0 Å². The first-order valence-corrected chi connectivity index (χ1v) is 7.74. The Balaban J connectivity index is 1.82. The van der Waals surface area contributed by atoms with E-state index in [1.54, 1.807) is 23.9 Å². The molecule has 3 aromatic rings. The van der Waals surface area contributed by atoms with Gasteiger partial charge in [0.25, 0.3) is 0 Å². The van der Waals surface area contributed by atoms with Gasteiger partial charge in [0.2, 0.25) is 0 Å². The lowest BCUT2D eigenvalue weighted by Gasteiger charge is -2.15. The Labute approximate surface area is 128 Å². The van der Waals surface area contributed by atoms with Crippen LogP contribution < -0.4 is 5.32 Å². The van der Waals surface area contributed by atoms with Crippen LogP contribution in [0.3, 0.4) is 0 Å². The number of thiazole rings is 1. The van der Waals surface area contributed by atoms with Gasteiger partial charge in [-0.25, -0.2) is 9.97 Å². The van der Waals surface area contributed by atoms with Crippen molar-refractivity contribution in [3.63, 3.8) is 0 Å². The molecule has 2 aromatic heterocycles. The minimum Gasteiger partial charge on any atom is -0.378 e. The molecule has 0 bridgehead atoms. The van der Waals surface area contributed by atoms with E-state index in [9.17, 15) is 0 Å². The standard InChI is InChI=1S/C16H18N4S/c1-11-16(21-13(3)18-11)12(2)19-14-5-4-6-15(9-14)20-8-7-17-10-20/h4-10,12,19H,1-3H3. The number of benzene rings is 1. The van der Waals surface area contributed by atoms with Crippen LogP contribution in [-0.4, -0.2) is 14.5 Å². The topological polar surface area (TPSA) is 42.7 Å². The van der Waals surface area contributed by atoms with E-state index in [-0.39, 0.29) is 6.04 Å². The fourth-order valence-corrected chi connectivity index (χ4v) is 3.36. The highest BCUT2D eigenvalue weighted by Crippen LogP contribution is 2.28. The molecule has 0 fully saturated rings. The van der Waals surface area contributed by atoms with Crippen LogP contribution in [-0.2, 0) is 0 Å². The van der Waals surface area contributed by atoms with E-state index in [2.05, 4.69) is 53.4 Å². The number of aryl methyl sites for hydroxylation is 2. The molecule has 108 valence electrons. The molecule has 4 nitrogen and oxygen atoms in total. The molecule has 21 heavy (non-hydrogen) atoms. The number of hydrogen-bond acceptors (Lipinski definition) is 4. The summed E-state index contributed by atoms with van der Waals surface area (Å²) in [6.45, 7) is 6.29. The molecule has 1 unspecified atom stereocenters. The molecule has 0 aliphatic heterocycles. The van der Waals surface area contributed by atoms with E-state index in [1.807, 2.05) is 17.7 Å². The number of aromatic nitrogens is 3. The minimum absolute atomic E-state index is 0.245. The Hall–Kier alpha value is -2.14. The average molecular weight is 298 g/mol. The van der Waals surface area contributed by atoms with Gasteiger partial charge >= 0.3 is 0 Å². The number of anilines is 1. The molecule has 0 saturated heterocycles. The molecule has 5 heteroatoms. The monoisotopic (exact) mass is 298 g/mol. The number of nitrogens with one attached hydrogen (secondary N) is 1. The summed E-state index contributed by atoms with van der Waals surface area (Å²) < 4.78 is 2.00. The summed E-state index contributed by atoms with van der Waals surface area (Å²) in [6, 6.07) is 8.57. The van der Waals surface area contributed by atoms with Crippen LogP contribution in [0.1, 0.15) is 28.5 Å². The maximum Gasteiger partial charge on any atom is 0.0991 e. The summed E-state index contributed by atoms with van der Waals surface area (Å²) in [5.41, 5.74) is 3.31. The lowest BCUT2D eigenvalue weighted by Crippen LogP contribution is -2.06. The number of hydrogen-bond donors (Lipinski definition) is 1. The van der Waals surface area contributed by atoms with Crippen LogP contribution in [0, 0.1) is 13.8 Å². The van der Waals surface area contributed by atoms with Gasteiger partial charge < -0.3 is 9.88 Å². The van der Waals surface area contributed by atoms with Gasteiger partial charge in [0.15, 0.2) is 0 Å². The van der Waals surface area contributed by atoms with Gasteiger partial charge in [-0.1, -0.05) is 6.07 Å². The van der Waals surface area contributed by atoms with Gasteiger partial charge in [-0.15, -0.1) is 11.3 Å². The van der Waals surface area contributed by atoms with Gasteiger partial charge in [0.05, 0.1) is 23.1 Å². The predicted octanol–water partition coefficient (Wildman–Crippen LogP) is 4.12. The van der Waals surface area contributed by atoms with Crippen LogP contribution in [0.25, 0.3) is 5.69 Å². The number of rotatable bonds is 4. The molecule has 0 aliphatic carbocycles. The lowest BCUT2D eigenvalue weighted by molar-refractivity contribution is 0.889. The molecule has 3 rings (SSSR count). The fourth-order valence-electron chi connectivity index (χ4n) is 2.43. The van der Waals surface area contributed by atoms with Gasteiger partial charge in [0, 0.05) is 28.6 Å². The van der Waals surface area contributed by atoms with Crippen LogP contribution in [0.4, 0.5) is 5.69 Å². The SMILES string of the molecule is Cc1nc(C)c(C(C)Nc2cccc(-n3ccnc3)c2)s1. The second-order valence-corrected chi connectivity index (χ2v) is 6.30. The quantitative estimate of drug-likeness (QED) is 0.788. The van der Waals surface area contributed by atoms with Gasteiger partial charge in [-0.2, -0.15) is 0 Å². The minimum atomic E-state index is 0.245. The van der Waals surface area contributed by atoms with Crippen molar-refractivity contribution < 1.29 is 0 Å². The Morgan fingerprint density at radius 2 is 2.14 bits per heavy atom. The van der Waals surface area contributed by atoms with Gasteiger partial charge in [-0.05, 0) is 39.0 Å². The normalized spacial score (nSPS) is 12.3. The molecule has 0 amide bonds. The van der Waals surface area contributed by atoms with Gasteiger partial charge in [0.1, 0.15) is 0 Å². The molecular weight excluding hydrogens is 280 g/mol.